The van der Waals surface area contributed by atoms with Crippen LogP contribution in [0.1, 0.15) is 51.4 Å². The molecule has 0 aromatic heterocycles. The van der Waals surface area contributed by atoms with E-state index in [4.69, 9.17) is 5.73 Å². The summed E-state index contributed by atoms with van der Waals surface area (Å²) in [5.41, 5.74) is 5.73. The van der Waals surface area contributed by atoms with Crippen LogP contribution in [-0.2, 0) is 4.79 Å². The van der Waals surface area contributed by atoms with Crippen molar-refractivity contribution in [3.8, 4) is 0 Å². The topological polar surface area (TPSA) is 55.1 Å². The number of nitrogens with one attached hydrogen (secondary N) is 1. The average Bonchev–Trinajstić information content (AvgIpc) is 2.46. The summed E-state index contributed by atoms with van der Waals surface area (Å²) in [4.78, 5) is 12.3. The van der Waals surface area contributed by atoms with Crippen LogP contribution in [0.4, 0.5) is 13.2 Å². The van der Waals surface area contributed by atoms with Crippen molar-refractivity contribution in [2.75, 3.05) is 6.54 Å². The number of alkyl halides is 3. The summed E-state index contributed by atoms with van der Waals surface area (Å²) in [5, 5.41) is 2.96. The van der Waals surface area contributed by atoms with Gasteiger partial charge in [-0.05, 0) is 51.0 Å². The first-order valence-corrected chi connectivity index (χ1v) is 7.99. The maximum absolute atomic E-state index is 12.6. The molecule has 2 atom stereocenters. The Morgan fingerprint density at radius 2 is 1.67 bits per heavy atom. The standard InChI is InChI=1S/C15H25F3N2O/c16-15(17,18)11-5-7-12(8-6-11)20-14(21)13-4-2-1-3-10(13)9-19/h10-13H,1-9,19H2,(H,20,21). The molecule has 1 amide bonds. The Kier molecular flexibility index (Phi) is 5.52. The van der Waals surface area contributed by atoms with Gasteiger partial charge in [0.15, 0.2) is 0 Å². The van der Waals surface area contributed by atoms with Crippen LogP contribution in [-0.4, -0.2) is 24.7 Å². The molecule has 0 aromatic rings. The summed E-state index contributed by atoms with van der Waals surface area (Å²) >= 11 is 0. The molecule has 2 saturated carbocycles. The molecule has 21 heavy (non-hydrogen) atoms. The van der Waals surface area contributed by atoms with E-state index in [0.29, 0.717) is 19.4 Å². The maximum atomic E-state index is 12.6. The number of amides is 1. The van der Waals surface area contributed by atoms with Gasteiger partial charge in [0.05, 0.1) is 5.92 Å². The highest BCUT2D eigenvalue weighted by Gasteiger charge is 2.42. The van der Waals surface area contributed by atoms with Crippen molar-refractivity contribution in [2.24, 2.45) is 23.5 Å². The van der Waals surface area contributed by atoms with E-state index < -0.39 is 12.1 Å². The lowest BCUT2D eigenvalue weighted by atomic mass is 9.78. The zero-order chi connectivity index (χ0) is 15.5. The fourth-order valence-electron chi connectivity index (χ4n) is 3.71. The number of nitrogens with two attached hydrogens (primary N) is 1. The summed E-state index contributed by atoms with van der Waals surface area (Å²) in [7, 11) is 0. The fraction of sp³-hybridized carbons (Fsp3) is 0.933. The molecule has 0 aliphatic heterocycles. The number of carbonyl (C=O) groups excluding carboxylic acids is 1. The highest BCUT2D eigenvalue weighted by atomic mass is 19.4. The molecule has 0 radical (unpaired) electrons. The Morgan fingerprint density at radius 1 is 1.05 bits per heavy atom. The van der Waals surface area contributed by atoms with Crippen molar-refractivity contribution in [3.63, 3.8) is 0 Å². The first-order valence-electron chi connectivity index (χ1n) is 7.99. The first kappa shape index (κ1) is 16.6. The second-order valence-electron chi connectivity index (χ2n) is 6.49. The summed E-state index contributed by atoms with van der Waals surface area (Å²) in [6, 6.07) is -0.101. The van der Waals surface area contributed by atoms with Crippen LogP contribution in [0.5, 0.6) is 0 Å². The second-order valence-corrected chi connectivity index (χ2v) is 6.49. The van der Waals surface area contributed by atoms with Gasteiger partial charge in [0, 0.05) is 12.0 Å². The lowest BCUT2D eigenvalue weighted by Gasteiger charge is -2.34. The highest BCUT2D eigenvalue weighted by molar-refractivity contribution is 5.79. The molecular formula is C15H25F3N2O. The molecule has 3 N–H and O–H groups in total. The minimum absolute atomic E-state index is 0.000564. The number of hydrogen-bond donors (Lipinski definition) is 2. The molecule has 0 heterocycles. The van der Waals surface area contributed by atoms with Gasteiger partial charge in [0.25, 0.3) is 0 Å². The normalized spacial score (nSPS) is 34.5. The molecule has 3 nitrogen and oxygen atoms in total. The Morgan fingerprint density at radius 3 is 2.24 bits per heavy atom. The van der Waals surface area contributed by atoms with Gasteiger partial charge in [-0.3, -0.25) is 4.79 Å². The van der Waals surface area contributed by atoms with Gasteiger partial charge < -0.3 is 11.1 Å². The van der Waals surface area contributed by atoms with Gasteiger partial charge in [0.2, 0.25) is 5.91 Å². The highest BCUT2D eigenvalue weighted by Crippen LogP contribution is 2.38. The predicted octanol–water partition coefficient (Wildman–Crippen LogP) is 2.99. The zero-order valence-electron chi connectivity index (χ0n) is 12.3. The lowest BCUT2D eigenvalue weighted by molar-refractivity contribution is -0.182. The van der Waals surface area contributed by atoms with Gasteiger partial charge in [-0.1, -0.05) is 12.8 Å². The number of halogens is 3. The Bertz CT molecular complexity index is 351. The third-order valence-corrected chi connectivity index (χ3v) is 5.09. The Balaban J connectivity index is 1.81. The molecule has 2 aliphatic carbocycles. The van der Waals surface area contributed by atoms with Gasteiger partial charge >= 0.3 is 6.18 Å². The molecule has 2 aliphatic rings. The van der Waals surface area contributed by atoms with E-state index in [0.717, 1.165) is 25.7 Å². The predicted molar refractivity (Wildman–Crippen MR) is 74.4 cm³/mol. The summed E-state index contributed by atoms with van der Waals surface area (Å²) in [6.45, 7) is 0.513. The van der Waals surface area contributed by atoms with Crippen molar-refractivity contribution in [3.05, 3.63) is 0 Å². The van der Waals surface area contributed by atoms with Crippen LogP contribution in [0, 0.1) is 17.8 Å². The van der Waals surface area contributed by atoms with Gasteiger partial charge in [-0.25, -0.2) is 0 Å². The molecule has 0 aromatic carbocycles. The first-order chi connectivity index (χ1) is 9.91. The van der Waals surface area contributed by atoms with E-state index in [2.05, 4.69) is 5.32 Å². The van der Waals surface area contributed by atoms with Crippen molar-refractivity contribution in [1.29, 1.82) is 0 Å². The molecule has 2 unspecified atom stereocenters. The van der Waals surface area contributed by atoms with Crippen LogP contribution in [0.25, 0.3) is 0 Å². The molecule has 2 fully saturated rings. The van der Waals surface area contributed by atoms with E-state index >= 15 is 0 Å². The van der Waals surface area contributed by atoms with E-state index in [1.165, 1.54) is 0 Å². The number of hydrogen-bond acceptors (Lipinski definition) is 2. The Labute approximate surface area is 123 Å². The van der Waals surface area contributed by atoms with Gasteiger partial charge in [0.1, 0.15) is 0 Å². The maximum Gasteiger partial charge on any atom is 0.391 e. The molecule has 0 spiro atoms. The summed E-state index contributed by atoms with van der Waals surface area (Å²) in [6.07, 6.45) is 0.993. The lowest BCUT2D eigenvalue weighted by Crippen LogP contribution is -2.45. The van der Waals surface area contributed by atoms with Crippen LogP contribution in [0.3, 0.4) is 0 Å². The van der Waals surface area contributed by atoms with E-state index in [-0.39, 0.29) is 36.6 Å². The molecule has 2 rings (SSSR count). The van der Waals surface area contributed by atoms with Crippen LogP contribution >= 0.6 is 0 Å². The van der Waals surface area contributed by atoms with Crippen molar-refractivity contribution >= 4 is 5.91 Å². The monoisotopic (exact) mass is 306 g/mol. The molecule has 122 valence electrons. The van der Waals surface area contributed by atoms with E-state index in [9.17, 15) is 18.0 Å². The van der Waals surface area contributed by atoms with Gasteiger partial charge in [-0.15, -0.1) is 0 Å². The second kappa shape index (κ2) is 6.99. The third-order valence-electron chi connectivity index (χ3n) is 5.09. The van der Waals surface area contributed by atoms with Crippen LogP contribution < -0.4 is 11.1 Å². The summed E-state index contributed by atoms with van der Waals surface area (Å²) < 4.78 is 37.9. The Hall–Kier alpha value is -0.780. The quantitative estimate of drug-likeness (QED) is 0.842. The van der Waals surface area contributed by atoms with Crippen molar-refractivity contribution in [1.82, 2.24) is 5.32 Å². The van der Waals surface area contributed by atoms with E-state index in [1.807, 2.05) is 0 Å². The SMILES string of the molecule is NCC1CCCCC1C(=O)NC1CCC(C(F)(F)F)CC1. The fourth-order valence-corrected chi connectivity index (χ4v) is 3.71. The van der Waals surface area contributed by atoms with E-state index in [1.54, 1.807) is 0 Å². The average molecular weight is 306 g/mol. The molecule has 0 bridgehead atoms. The largest absolute Gasteiger partial charge is 0.391 e. The minimum atomic E-state index is -4.09. The third kappa shape index (κ3) is 4.34. The van der Waals surface area contributed by atoms with Crippen LogP contribution in [0.2, 0.25) is 0 Å². The number of rotatable bonds is 3. The number of carbonyl (C=O) groups is 1. The smallest absolute Gasteiger partial charge is 0.353 e. The zero-order valence-corrected chi connectivity index (χ0v) is 12.3. The molecule has 0 saturated heterocycles. The van der Waals surface area contributed by atoms with Gasteiger partial charge in [-0.2, -0.15) is 13.2 Å². The van der Waals surface area contributed by atoms with Crippen molar-refractivity contribution in [2.45, 2.75) is 63.6 Å². The summed E-state index contributed by atoms with van der Waals surface area (Å²) in [5.74, 6) is -1.02. The van der Waals surface area contributed by atoms with Crippen molar-refractivity contribution < 1.29 is 18.0 Å². The molecular weight excluding hydrogens is 281 g/mol. The molecule has 6 heteroatoms. The van der Waals surface area contributed by atoms with Crippen LogP contribution in [0.15, 0.2) is 0 Å². The minimum Gasteiger partial charge on any atom is -0.353 e.